The monoisotopic (exact) mass is 376 g/mol. The summed E-state index contributed by atoms with van der Waals surface area (Å²) < 4.78 is 5.88. The van der Waals surface area contributed by atoms with Crippen molar-refractivity contribution in [1.82, 2.24) is 19.8 Å². The summed E-state index contributed by atoms with van der Waals surface area (Å²) in [7, 11) is 2.07. The zero-order valence-corrected chi connectivity index (χ0v) is 16.2. The SMILES string of the molecule is C[C@@H](Oc1ccc(-c2cnc3ccccc3n2)cc1)C(=O)N1CCN(C)CC1. The summed E-state index contributed by atoms with van der Waals surface area (Å²) >= 11 is 0. The van der Waals surface area contributed by atoms with Gasteiger partial charge < -0.3 is 14.5 Å². The van der Waals surface area contributed by atoms with Gasteiger partial charge in [0.15, 0.2) is 6.10 Å². The lowest BCUT2D eigenvalue weighted by molar-refractivity contribution is -0.139. The van der Waals surface area contributed by atoms with Gasteiger partial charge in [-0.3, -0.25) is 9.78 Å². The van der Waals surface area contributed by atoms with Crippen LogP contribution in [0.3, 0.4) is 0 Å². The van der Waals surface area contributed by atoms with Crippen LogP contribution in [0.4, 0.5) is 0 Å². The van der Waals surface area contributed by atoms with Gasteiger partial charge in [-0.05, 0) is 50.4 Å². The van der Waals surface area contributed by atoms with Gasteiger partial charge in [0.25, 0.3) is 5.91 Å². The normalized spacial score (nSPS) is 16.1. The predicted octanol–water partition coefficient (Wildman–Crippen LogP) is 2.84. The molecule has 0 aliphatic carbocycles. The number of nitrogens with zero attached hydrogens (tertiary/aromatic N) is 4. The fourth-order valence-electron chi connectivity index (χ4n) is 3.34. The Bertz CT molecular complexity index is 966. The molecule has 1 aliphatic heterocycles. The molecule has 3 aromatic rings. The van der Waals surface area contributed by atoms with Crippen molar-refractivity contribution >= 4 is 16.9 Å². The van der Waals surface area contributed by atoms with E-state index in [-0.39, 0.29) is 5.91 Å². The average molecular weight is 376 g/mol. The van der Waals surface area contributed by atoms with Crippen molar-refractivity contribution in [2.75, 3.05) is 33.2 Å². The number of piperazine rings is 1. The molecule has 1 aromatic heterocycles. The van der Waals surface area contributed by atoms with E-state index in [1.54, 1.807) is 6.20 Å². The maximum absolute atomic E-state index is 12.6. The molecule has 2 aromatic carbocycles. The van der Waals surface area contributed by atoms with Crippen molar-refractivity contribution in [2.24, 2.45) is 0 Å². The lowest BCUT2D eigenvalue weighted by Gasteiger charge is -2.33. The Labute approximate surface area is 164 Å². The molecular formula is C22H24N4O2. The van der Waals surface area contributed by atoms with Crippen LogP contribution < -0.4 is 4.74 Å². The Morgan fingerprint density at radius 1 is 1.00 bits per heavy atom. The van der Waals surface area contributed by atoms with E-state index in [0.717, 1.165) is 48.5 Å². The number of carbonyl (C=O) groups excluding carboxylic acids is 1. The number of hydrogen-bond acceptors (Lipinski definition) is 5. The molecule has 1 amide bonds. The topological polar surface area (TPSA) is 58.6 Å². The number of benzene rings is 2. The van der Waals surface area contributed by atoms with E-state index in [1.807, 2.05) is 60.4 Å². The smallest absolute Gasteiger partial charge is 0.263 e. The molecule has 0 spiro atoms. The van der Waals surface area contributed by atoms with Gasteiger partial charge in [0.1, 0.15) is 5.75 Å². The standard InChI is InChI=1S/C22H24N4O2/c1-16(22(27)26-13-11-25(2)12-14-26)28-18-9-7-17(8-10-18)21-15-23-19-5-3-4-6-20(19)24-21/h3-10,15-16H,11-14H2,1-2H3/t16-/m1/s1. The molecule has 0 bridgehead atoms. The van der Waals surface area contributed by atoms with Crippen LogP contribution in [-0.2, 0) is 4.79 Å². The quantitative estimate of drug-likeness (QED) is 0.701. The van der Waals surface area contributed by atoms with Crippen LogP contribution in [0.5, 0.6) is 5.75 Å². The molecule has 0 saturated carbocycles. The number of rotatable bonds is 4. The molecule has 0 radical (unpaired) electrons. The average Bonchev–Trinajstić information content (AvgIpc) is 2.74. The first-order valence-electron chi connectivity index (χ1n) is 9.56. The molecule has 28 heavy (non-hydrogen) atoms. The largest absolute Gasteiger partial charge is 0.481 e. The summed E-state index contributed by atoms with van der Waals surface area (Å²) in [6.07, 6.45) is 1.27. The predicted molar refractivity (Wildman–Crippen MR) is 109 cm³/mol. The Balaban J connectivity index is 1.43. The number of fused-ring (bicyclic) bond motifs is 1. The second-order valence-corrected chi connectivity index (χ2v) is 7.16. The van der Waals surface area contributed by atoms with Gasteiger partial charge in [0.2, 0.25) is 0 Å². The third-order valence-corrected chi connectivity index (χ3v) is 5.07. The van der Waals surface area contributed by atoms with E-state index in [4.69, 9.17) is 4.74 Å². The van der Waals surface area contributed by atoms with Crippen molar-refractivity contribution in [3.8, 4) is 17.0 Å². The minimum atomic E-state index is -0.505. The summed E-state index contributed by atoms with van der Waals surface area (Å²) in [5.41, 5.74) is 3.52. The van der Waals surface area contributed by atoms with Gasteiger partial charge in [-0.25, -0.2) is 4.98 Å². The van der Waals surface area contributed by atoms with E-state index in [1.165, 1.54) is 0 Å². The number of aromatic nitrogens is 2. The van der Waals surface area contributed by atoms with Crippen LogP contribution in [0.15, 0.2) is 54.7 Å². The molecule has 1 fully saturated rings. The van der Waals surface area contributed by atoms with Crippen molar-refractivity contribution in [3.63, 3.8) is 0 Å². The van der Waals surface area contributed by atoms with Crippen molar-refractivity contribution < 1.29 is 9.53 Å². The van der Waals surface area contributed by atoms with Gasteiger partial charge >= 0.3 is 0 Å². The van der Waals surface area contributed by atoms with Gasteiger partial charge in [-0.15, -0.1) is 0 Å². The number of amides is 1. The maximum atomic E-state index is 12.6. The van der Waals surface area contributed by atoms with E-state index in [9.17, 15) is 4.79 Å². The second kappa shape index (κ2) is 7.94. The first-order valence-corrected chi connectivity index (χ1v) is 9.56. The van der Waals surface area contributed by atoms with Crippen LogP contribution >= 0.6 is 0 Å². The van der Waals surface area contributed by atoms with Crippen LogP contribution in [-0.4, -0.2) is 65.0 Å². The van der Waals surface area contributed by atoms with Gasteiger partial charge in [0, 0.05) is 31.7 Å². The van der Waals surface area contributed by atoms with Crippen molar-refractivity contribution in [2.45, 2.75) is 13.0 Å². The van der Waals surface area contributed by atoms with Crippen LogP contribution in [0.2, 0.25) is 0 Å². The van der Waals surface area contributed by atoms with Crippen molar-refractivity contribution in [1.29, 1.82) is 0 Å². The fourth-order valence-corrected chi connectivity index (χ4v) is 3.34. The Hall–Kier alpha value is -2.99. The second-order valence-electron chi connectivity index (χ2n) is 7.16. The molecule has 1 aliphatic rings. The van der Waals surface area contributed by atoms with E-state index in [2.05, 4.69) is 21.9 Å². The van der Waals surface area contributed by atoms with Crippen molar-refractivity contribution in [3.05, 3.63) is 54.7 Å². The lowest BCUT2D eigenvalue weighted by atomic mass is 10.1. The summed E-state index contributed by atoms with van der Waals surface area (Å²) in [6.45, 7) is 5.12. The summed E-state index contributed by atoms with van der Waals surface area (Å²) in [5, 5.41) is 0. The van der Waals surface area contributed by atoms with Crippen LogP contribution in [0.25, 0.3) is 22.3 Å². The maximum Gasteiger partial charge on any atom is 0.263 e. The number of para-hydroxylation sites is 2. The summed E-state index contributed by atoms with van der Waals surface area (Å²) in [6, 6.07) is 15.4. The van der Waals surface area contributed by atoms with E-state index < -0.39 is 6.10 Å². The highest BCUT2D eigenvalue weighted by molar-refractivity contribution is 5.81. The molecule has 144 valence electrons. The molecular weight excluding hydrogens is 352 g/mol. The number of hydrogen-bond donors (Lipinski definition) is 0. The first-order chi connectivity index (χ1) is 13.6. The number of ether oxygens (including phenoxy) is 1. The summed E-state index contributed by atoms with van der Waals surface area (Å²) in [5.74, 6) is 0.713. The summed E-state index contributed by atoms with van der Waals surface area (Å²) in [4.78, 5) is 25.8. The highest BCUT2D eigenvalue weighted by Gasteiger charge is 2.24. The van der Waals surface area contributed by atoms with E-state index in [0.29, 0.717) is 5.75 Å². The molecule has 0 N–H and O–H groups in total. The highest BCUT2D eigenvalue weighted by atomic mass is 16.5. The highest BCUT2D eigenvalue weighted by Crippen LogP contribution is 2.23. The van der Waals surface area contributed by atoms with Gasteiger partial charge in [-0.2, -0.15) is 0 Å². The third-order valence-electron chi connectivity index (χ3n) is 5.07. The number of likely N-dealkylation sites (N-methyl/N-ethyl adjacent to an activating group) is 1. The molecule has 2 heterocycles. The fraction of sp³-hybridized carbons (Fsp3) is 0.318. The molecule has 6 nitrogen and oxygen atoms in total. The minimum Gasteiger partial charge on any atom is -0.481 e. The van der Waals surface area contributed by atoms with Gasteiger partial charge in [0.05, 0.1) is 22.9 Å². The van der Waals surface area contributed by atoms with Crippen LogP contribution in [0, 0.1) is 0 Å². The van der Waals surface area contributed by atoms with Crippen LogP contribution in [0.1, 0.15) is 6.92 Å². The minimum absolute atomic E-state index is 0.0394. The van der Waals surface area contributed by atoms with E-state index >= 15 is 0 Å². The number of carbonyl (C=O) groups is 1. The Morgan fingerprint density at radius 3 is 2.39 bits per heavy atom. The zero-order valence-electron chi connectivity index (χ0n) is 16.2. The van der Waals surface area contributed by atoms with Gasteiger partial charge in [-0.1, -0.05) is 12.1 Å². The molecule has 1 atom stereocenters. The zero-order chi connectivity index (χ0) is 19.5. The lowest BCUT2D eigenvalue weighted by Crippen LogP contribution is -2.50. The third kappa shape index (κ3) is 3.97. The Morgan fingerprint density at radius 2 is 1.68 bits per heavy atom. The molecule has 1 saturated heterocycles. The Kier molecular flexibility index (Phi) is 5.21. The molecule has 0 unspecified atom stereocenters. The first kappa shape index (κ1) is 18.4. The molecule has 4 rings (SSSR count). The molecule has 6 heteroatoms.